The van der Waals surface area contributed by atoms with Crippen LogP contribution in [0.5, 0.6) is 0 Å². The molecule has 0 aliphatic heterocycles. The van der Waals surface area contributed by atoms with E-state index >= 15 is 0 Å². The van der Waals surface area contributed by atoms with Crippen molar-refractivity contribution in [2.24, 2.45) is 28.6 Å². The quantitative estimate of drug-likeness (QED) is 0.214. The van der Waals surface area contributed by atoms with E-state index < -0.39 is 89.8 Å². The van der Waals surface area contributed by atoms with Gasteiger partial charge in [0.05, 0.1) is 5.41 Å². The molecule has 2 saturated carbocycles. The average molecular weight is 572 g/mol. The molecule has 15 heteroatoms. The van der Waals surface area contributed by atoms with Gasteiger partial charge in [-0.25, -0.2) is 0 Å². The highest BCUT2D eigenvalue weighted by atomic mass is 19.4. The predicted octanol–water partition coefficient (Wildman–Crippen LogP) is 5.92. The van der Waals surface area contributed by atoms with E-state index in [2.05, 4.69) is 4.74 Å². The normalized spacial score (nSPS) is 27.7. The van der Waals surface area contributed by atoms with Gasteiger partial charge in [-0.3, -0.25) is 14.4 Å². The van der Waals surface area contributed by atoms with Crippen LogP contribution in [-0.2, 0) is 28.6 Å². The standard InChI is InChI=1S/C23H29F9O6/c1-6-19(5,10-36-15(33)14(21(24,25)26)22(27,28)29)16(34)37-13-8-11-7-12(13)20(9-11,23(30,31)32)17(35)38-18(2,3)4/h11-14H,6-10H2,1-5H3. The first-order valence-corrected chi connectivity index (χ1v) is 11.7. The number of hydrogen-bond donors (Lipinski definition) is 0. The molecule has 0 aromatic heterocycles. The Kier molecular flexibility index (Phi) is 8.48. The van der Waals surface area contributed by atoms with Crippen molar-refractivity contribution in [2.45, 2.75) is 90.5 Å². The van der Waals surface area contributed by atoms with Crippen LogP contribution in [0, 0.1) is 28.6 Å². The Bertz CT molecular complexity index is 906. The van der Waals surface area contributed by atoms with Crippen LogP contribution in [0.15, 0.2) is 0 Å². The van der Waals surface area contributed by atoms with Gasteiger partial charge in [0.15, 0.2) is 5.41 Å². The minimum absolute atomic E-state index is 0.0408. The van der Waals surface area contributed by atoms with Crippen molar-refractivity contribution in [1.29, 1.82) is 0 Å². The summed E-state index contributed by atoms with van der Waals surface area (Å²) in [7, 11) is 0. The van der Waals surface area contributed by atoms with Crippen LogP contribution in [0.4, 0.5) is 39.5 Å². The number of esters is 3. The number of alkyl halides is 9. The van der Waals surface area contributed by atoms with Gasteiger partial charge in [-0.2, -0.15) is 39.5 Å². The van der Waals surface area contributed by atoms with Gasteiger partial charge in [0, 0.05) is 5.92 Å². The second-order valence-corrected chi connectivity index (χ2v) is 11.1. The van der Waals surface area contributed by atoms with E-state index in [1.165, 1.54) is 27.7 Å². The summed E-state index contributed by atoms with van der Waals surface area (Å²) >= 11 is 0. The van der Waals surface area contributed by atoms with Crippen molar-refractivity contribution >= 4 is 17.9 Å². The van der Waals surface area contributed by atoms with Gasteiger partial charge in [-0.15, -0.1) is 0 Å². The number of ether oxygens (including phenoxy) is 3. The molecule has 0 aromatic rings. The first-order valence-electron chi connectivity index (χ1n) is 11.7. The SMILES string of the molecule is CCC(C)(COC(=O)C(C(F)(F)F)C(F)(F)F)C(=O)OC1CC2CC1C(C(=O)OC(C)(C)C)(C(F)(F)F)C2. The Morgan fingerprint density at radius 3 is 1.82 bits per heavy atom. The molecule has 0 aromatic carbocycles. The zero-order valence-electron chi connectivity index (χ0n) is 21.2. The van der Waals surface area contributed by atoms with Crippen LogP contribution >= 0.6 is 0 Å². The molecule has 220 valence electrons. The maximum Gasteiger partial charge on any atom is 0.411 e. The number of carbonyl (C=O) groups excluding carboxylic acids is 3. The summed E-state index contributed by atoms with van der Waals surface area (Å²) in [5.74, 6) is -12.1. The molecule has 6 nitrogen and oxygen atoms in total. The molecule has 2 aliphatic rings. The minimum atomic E-state index is -6.01. The van der Waals surface area contributed by atoms with Crippen LogP contribution in [-0.4, -0.2) is 54.7 Å². The predicted molar refractivity (Wildman–Crippen MR) is 110 cm³/mol. The molecule has 2 bridgehead atoms. The van der Waals surface area contributed by atoms with Gasteiger partial charge >= 0.3 is 36.4 Å². The largest absolute Gasteiger partial charge is 0.464 e. The second kappa shape index (κ2) is 10.1. The van der Waals surface area contributed by atoms with Crippen LogP contribution < -0.4 is 0 Å². The average Bonchev–Trinajstić information content (AvgIpc) is 3.27. The van der Waals surface area contributed by atoms with Gasteiger partial charge in [-0.05, 0) is 59.3 Å². The van der Waals surface area contributed by atoms with Gasteiger partial charge < -0.3 is 14.2 Å². The number of halogens is 9. The van der Waals surface area contributed by atoms with Gasteiger partial charge in [0.25, 0.3) is 0 Å². The third-order valence-corrected chi connectivity index (χ3v) is 7.07. The van der Waals surface area contributed by atoms with Crippen molar-refractivity contribution in [1.82, 2.24) is 0 Å². The molecule has 0 heterocycles. The van der Waals surface area contributed by atoms with Gasteiger partial charge in [0.2, 0.25) is 5.92 Å². The smallest absolute Gasteiger partial charge is 0.411 e. The molecule has 0 radical (unpaired) electrons. The van der Waals surface area contributed by atoms with Gasteiger partial charge in [0.1, 0.15) is 18.3 Å². The summed E-state index contributed by atoms with van der Waals surface area (Å²) in [4.78, 5) is 37.4. The summed E-state index contributed by atoms with van der Waals surface area (Å²) in [6.45, 7) is 5.22. The Labute approximate surface area is 212 Å². The minimum Gasteiger partial charge on any atom is -0.464 e. The molecule has 0 N–H and O–H groups in total. The third kappa shape index (κ3) is 6.32. The van der Waals surface area contributed by atoms with Crippen molar-refractivity contribution < 1.29 is 68.1 Å². The topological polar surface area (TPSA) is 78.9 Å². The lowest BCUT2D eigenvalue weighted by Crippen LogP contribution is -2.55. The lowest BCUT2D eigenvalue weighted by molar-refractivity contribution is -0.282. The number of carbonyl (C=O) groups is 3. The first-order chi connectivity index (χ1) is 16.9. The van der Waals surface area contributed by atoms with Crippen molar-refractivity contribution in [2.75, 3.05) is 6.61 Å². The molecule has 2 fully saturated rings. The summed E-state index contributed by atoms with van der Waals surface area (Å²) in [5.41, 5.74) is -6.19. The molecule has 5 unspecified atom stereocenters. The Morgan fingerprint density at radius 2 is 1.42 bits per heavy atom. The fourth-order valence-corrected chi connectivity index (χ4v) is 4.92. The number of rotatable bonds is 7. The summed E-state index contributed by atoms with van der Waals surface area (Å²) in [5, 5.41) is 0. The fourth-order valence-electron chi connectivity index (χ4n) is 4.92. The van der Waals surface area contributed by atoms with E-state index in [0.29, 0.717) is 0 Å². The third-order valence-electron chi connectivity index (χ3n) is 7.07. The van der Waals surface area contributed by atoms with Crippen LogP contribution in [0.25, 0.3) is 0 Å². The summed E-state index contributed by atoms with van der Waals surface area (Å²) in [6.07, 6.45) is -19.6. The molecule has 5 atom stereocenters. The first kappa shape index (κ1) is 32.0. The summed E-state index contributed by atoms with van der Waals surface area (Å²) in [6, 6.07) is 0. The summed E-state index contributed by atoms with van der Waals surface area (Å²) < 4.78 is 134. The van der Waals surface area contributed by atoms with E-state index in [1.807, 2.05) is 0 Å². The number of hydrogen-bond acceptors (Lipinski definition) is 6. The highest BCUT2D eigenvalue weighted by Crippen LogP contribution is 2.64. The Morgan fingerprint density at radius 1 is 0.895 bits per heavy atom. The highest BCUT2D eigenvalue weighted by Gasteiger charge is 2.74. The van der Waals surface area contributed by atoms with Crippen LogP contribution in [0.3, 0.4) is 0 Å². The van der Waals surface area contributed by atoms with Crippen LogP contribution in [0.1, 0.15) is 60.3 Å². The van der Waals surface area contributed by atoms with E-state index in [0.717, 1.165) is 6.92 Å². The van der Waals surface area contributed by atoms with Gasteiger partial charge in [-0.1, -0.05) is 6.92 Å². The Hall–Kier alpha value is -2.22. The van der Waals surface area contributed by atoms with E-state index in [-0.39, 0.29) is 19.3 Å². The monoisotopic (exact) mass is 572 g/mol. The maximum atomic E-state index is 14.3. The molecule has 0 amide bonds. The lowest BCUT2D eigenvalue weighted by Gasteiger charge is -2.42. The molecule has 38 heavy (non-hydrogen) atoms. The molecule has 2 aliphatic carbocycles. The zero-order valence-corrected chi connectivity index (χ0v) is 21.2. The van der Waals surface area contributed by atoms with E-state index in [1.54, 1.807) is 0 Å². The fraction of sp³-hybridized carbons (Fsp3) is 0.870. The van der Waals surface area contributed by atoms with E-state index in [4.69, 9.17) is 9.47 Å². The molecule has 0 spiro atoms. The van der Waals surface area contributed by atoms with Crippen molar-refractivity contribution in [3.05, 3.63) is 0 Å². The highest BCUT2D eigenvalue weighted by molar-refractivity contribution is 5.81. The zero-order chi connectivity index (χ0) is 29.7. The lowest BCUT2D eigenvalue weighted by atomic mass is 9.70. The molecular weight excluding hydrogens is 543 g/mol. The maximum absolute atomic E-state index is 14.3. The molecular formula is C23H29F9O6. The second-order valence-electron chi connectivity index (χ2n) is 11.1. The van der Waals surface area contributed by atoms with Crippen molar-refractivity contribution in [3.8, 4) is 0 Å². The number of fused-ring (bicyclic) bond motifs is 2. The molecule has 2 rings (SSSR count). The molecule has 0 saturated heterocycles. The Balaban J connectivity index is 2.24. The van der Waals surface area contributed by atoms with E-state index in [9.17, 15) is 53.9 Å². The van der Waals surface area contributed by atoms with Crippen LogP contribution in [0.2, 0.25) is 0 Å². The van der Waals surface area contributed by atoms with Crippen molar-refractivity contribution in [3.63, 3.8) is 0 Å².